The number of thioether (sulfide) groups is 1. The van der Waals surface area contributed by atoms with Crippen molar-refractivity contribution in [2.24, 2.45) is 4.99 Å². The average molecular weight is 364 g/mol. The van der Waals surface area contributed by atoms with Gasteiger partial charge in [0, 0.05) is 19.6 Å². The molecule has 0 amide bonds. The van der Waals surface area contributed by atoms with Crippen LogP contribution in [0.1, 0.15) is 43.5 Å². The Morgan fingerprint density at radius 3 is 2.54 bits per heavy atom. The van der Waals surface area contributed by atoms with E-state index in [-0.39, 0.29) is 5.37 Å². The number of thiocarbonyl (C=S) groups is 1. The summed E-state index contributed by atoms with van der Waals surface area (Å²) in [6, 6.07) is 8.33. The van der Waals surface area contributed by atoms with E-state index in [1.165, 1.54) is 24.8 Å². The monoisotopic (exact) mass is 363 g/mol. The highest BCUT2D eigenvalue weighted by atomic mass is 32.2. The Morgan fingerprint density at radius 1 is 1.21 bits per heavy atom. The summed E-state index contributed by atoms with van der Waals surface area (Å²) in [6.45, 7) is 5.30. The van der Waals surface area contributed by atoms with E-state index in [2.05, 4.69) is 28.9 Å². The molecule has 3 rings (SSSR count). The van der Waals surface area contributed by atoms with Gasteiger partial charge in [-0.25, -0.2) is 0 Å². The standard InChI is InChI=1S/C18H25N3OS2/c1-3-11-21-16(14-7-9-15(22-2)10-8-14)24-18(19-17(21)23)20-12-5-4-6-13-20/h7-10,16H,3-6,11-13H2,1-2H3/t16-/m0/s1. The lowest BCUT2D eigenvalue weighted by Crippen LogP contribution is -2.42. The number of nitrogens with zero attached hydrogens (tertiary/aromatic N) is 3. The van der Waals surface area contributed by atoms with Gasteiger partial charge in [0.2, 0.25) is 0 Å². The first-order chi connectivity index (χ1) is 11.7. The van der Waals surface area contributed by atoms with Crippen molar-refractivity contribution in [1.82, 2.24) is 9.80 Å². The van der Waals surface area contributed by atoms with Gasteiger partial charge in [0.1, 0.15) is 11.1 Å². The van der Waals surface area contributed by atoms with Crippen LogP contribution in [0.3, 0.4) is 0 Å². The van der Waals surface area contributed by atoms with Crippen LogP contribution in [-0.4, -0.2) is 46.8 Å². The lowest BCUT2D eigenvalue weighted by atomic mass is 10.1. The van der Waals surface area contributed by atoms with E-state index >= 15 is 0 Å². The maximum Gasteiger partial charge on any atom is 0.199 e. The van der Waals surface area contributed by atoms with Crippen molar-refractivity contribution in [3.05, 3.63) is 29.8 Å². The van der Waals surface area contributed by atoms with Crippen molar-refractivity contribution in [1.29, 1.82) is 0 Å². The molecule has 1 atom stereocenters. The first-order valence-corrected chi connectivity index (χ1v) is 9.96. The highest BCUT2D eigenvalue weighted by molar-refractivity contribution is 8.14. The van der Waals surface area contributed by atoms with Gasteiger partial charge in [-0.2, -0.15) is 4.99 Å². The minimum absolute atomic E-state index is 0.192. The van der Waals surface area contributed by atoms with E-state index in [1.807, 2.05) is 23.9 Å². The number of benzene rings is 1. The molecule has 6 heteroatoms. The molecule has 1 saturated heterocycles. The van der Waals surface area contributed by atoms with Gasteiger partial charge >= 0.3 is 0 Å². The van der Waals surface area contributed by atoms with Crippen LogP contribution in [0.2, 0.25) is 0 Å². The zero-order chi connectivity index (χ0) is 16.9. The van der Waals surface area contributed by atoms with Crippen LogP contribution in [0, 0.1) is 0 Å². The second-order valence-electron chi connectivity index (χ2n) is 6.16. The van der Waals surface area contributed by atoms with Gasteiger partial charge in [0.15, 0.2) is 10.3 Å². The van der Waals surface area contributed by atoms with E-state index < -0.39 is 0 Å². The highest BCUT2D eigenvalue weighted by Crippen LogP contribution is 2.39. The van der Waals surface area contributed by atoms with Crippen LogP contribution >= 0.6 is 24.0 Å². The highest BCUT2D eigenvalue weighted by Gasteiger charge is 2.31. The molecule has 130 valence electrons. The van der Waals surface area contributed by atoms with Crippen LogP contribution in [0.25, 0.3) is 0 Å². The van der Waals surface area contributed by atoms with Crippen LogP contribution in [0.15, 0.2) is 29.3 Å². The molecule has 2 aliphatic heterocycles. The van der Waals surface area contributed by atoms with Gasteiger partial charge in [-0.05, 0) is 55.6 Å². The molecule has 1 aromatic rings. The van der Waals surface area contributed by atoms with E-state index in [4.69, 9.17) is 21.9 Å². The van der Waals surface area contributed by atoms with Gasteiger partial charge in [0.25, 0.3) is 0 Å². The van der Waals surface area contributed by atoms with Crippen molar-refractivity contribution in [3.63, 3.8) is 0 Å². The molecule has 0 spiro atoms. The number of likely N-dealkylation sites (tertiary alicyclic amines) is 1. The molecule has 1 fully saturated rings. The number of ether oxygens (including phenoxy) is 1. The fourth-order valence-corrected chi connectivity index (χ4v) is 4.84. The number of aliphatic imine (C=N–C) groups is 1. The normalized spacial score (nSPS) is 21.7. The zero-order valence-electron chi connectivity index (χ0n) is 14.4. The molecular weight excluding hydrogens is 338 g/mol. The number of methoxy groups -OCH3 is 1. The maximum atomic E-state index is 5.64. The Balaban J connectivity index is 1.86. The summed E-state index contributed by atoms with van der Waals surface area (Å²) in [5, 5.41) is 2.00. The largest absolute Gasteiger partial charge is 0.497 e. The van der Waals surface area contributed by atoms with Crippen molar-refractivity contribution >= 4 is 34.3 Å². The summed E-state index contributed by atoms with van der Waals surface area (Å²) in [6.07, 6.45) is 4.88. The Kier molecular flexibility index (Phi) is 6.00. The number of rotatable bonds is 4. The average Bonchev–Trinajstić information content (AvgIpc) is 2.64. The molecule has 0 unspecified atom stereocenters. The van der Waals surface area contributed by atoms with Gasteiger partial charge in [-0.15, -0.1) is 0 Å². The zero-order valence-corrected chi connectivity index (χ0v) is 16.0. The van der Waals surface area contributed by atoms with Crippen LogP contribution in [-0.2, 0) is 0 Å². The SMILES string of the molecule is CCCN1C(=S)N=C(N2CCCCC2)S[C@H]1c1ccc(OC)cc1. The molecule has 0 saturated carbocycles. The number of hydrogen-bond acceptors (Lipinski definition) is 4. The minimum atomic E-state index is 0.192. The van der Waals surface area contributed by atoms with Gasteiger partial charge in [-0.1, -0.05) is 30.8 Å². The minimum Gasteiger partial charge on any atom is -0.497 e. The Labute approximate surface area is 154 Å². The van der Waals surface area contributed by atoms with Crippen LogP contribution < -0.4 is 4.74 Å². The molecule has 0 N–H and O–H groups in total. The third-order valence-electron chi connectivity index (χ3n) is 4.43. The summed E-state index contributed by atoms with van der Waals surface area (Å²) in [5.41, 5.74) is 1.25. The Hall–Kier alpha value is -1.27. The number of hydrogen-bond donors (Lipinski definition) is 0. The molecule has 1 aromatic carbocycles. The quantitative estimate of drug-likeness (QED) is 0.745. The molecule has 4 nitrogen and oxygen atoms in total. The van der Waals surface area contributed by atoms with Gasteiger partial charge in [0.05, 0.1) is 7.11 Å². The third kappa shape index (κ3) is 3.86. The number of amidine groups is 1. The van der Waals surface area contributed by atoms with E-state index in [0.717, 1.165) is 42.1 Å². The molecule has 0 aromatic heterocycles. The van der Waals surface area contributed by atoms with Crippen molar-refractivity contribution in [2.45, 2.75) is 38.0 Å². The number of piperidine rings is 1. The molecule has 0 radical (unpaired) electrons. The molecule has 2 heterocycles. The summed E-state index contributed by atoms with van der Waals surface area (Å²) >= 11 is 7.47. The smallest absolute Gasteiger partial charge is 0.199 e. The van der Waals surface area contributed by atoms with Gasteiger partial charge in [-0.3, -0.25) is 0 Å². The summed E-state index contributed by atoms with van der Waals surface area (Å²) in [5.74, 6) is 0.883. The lowest BCUT2D eigenvalue weighted by molar-refractivity contribution is 0.343. The maximum absolute atomic E-state index is 5.64. The molecule has 2 aliphatic rings. The summed E-state index contributed by atoms with van der Waals surface area (Å²) in [7, 11) is 1.70. The van der Waals surface area contributed by atoms with Gasteiger partial charge < -0.3 is 14.5 Å². The predicted molar refractivity (Wildman–Crippen MR) is 106 cm³/mol. The molecule has 0 bridgehead atoms. The second-order valence-corrected chi connectivity index (χ2v) is 7.57. The summed E-state index contributed by atoms with van der Waals surface area (Å²) in [4.78, 5) is 9.40. The fourth-order valence-electron chi connectivity index (χ4n) is 3.14. The van der Waals surface area contributed by atoms with Crippen molar-refractivity contribution in [3.8, 4) is 5.75 Å². The van der Waals surface area contributed by atoms with Crippen molar-refractivity contribution < 1.29 is 4.74 Å². The first kappa shape index (κ1) is 17.5. The summed E-state index contributed by atoms with van der Waals surface area (Å²) < 4.78 is 5.29. The topological polar surface area (TPSA) is 28.1 Å². The molecule has 0 aliphatic carbocycles. The third-order valence-corrected chi connectivity index (χ3v) is 6.07. The van der Waals surface area contributed by atoms with Crippen LogP contribution in [0.4, 0.5) is 0 Å². The van der Waals surface area contributed by atoms with Crippen LogP contribution in [0.5, 0.6) is 5.75 Å². The van der Waals surface area contributed by atoms with Crippen molar-refractivity contribution in [2.75, 3.05) is 26.7 Å². The Morgan fingerprint density at radius 2 is 1.92 bits per heavy atom. The Bertz CT molecular complexity index is 597. The first-order valence-electron chi connectivity index (χ1n) is 8.67. The molecule has 24 heavy (non-hydrogen) atoms. The lowest BCUT2D eigenvalue weighted by Gasteiger charge is -2.39. The fraction of sp³-hybridized carbons (Fsp3) is 0.556. The second kappa shape index (κ2) is 8.21. The predicted octanol–water partition coefficient (Wildman–Crippen LogP) is 4.28. The van der Waals surface area contributed by atoms with E-state index in [0.29, 0.717) is 0 Å². The molecular formula is C18H25N3OS2. The van der Waals surface area contributed by atoms with E-state index in [1.54, 1.807) is 7.11 Å². The van der Waals surface area contributed by atoms with E-state index in [9.17, 15) is 0 Å².